The third kappa shape index (κ3) is 4.86. The molecule has 1 heterocycles. The summed E-state index contributed by atoms with van der Waals surface area (Å²) in [4.78, 5) is 27.9. The van der Waals surface area contributed by atoms with E-state index in [1.165, 1.54) is 0 Å². The highest BCUT2D eigenvalue weighted by Crippen LogP contribution is 2.28. The number of anilines is 2. The van der Waals surface area contributed by atoms with Crippen LogP contribution >= 0.6 is 0 Å². The first-order chi connectivity index (χ1) is 15.1. The van der Waals surface area contributed by atoms with Gasteiger partial charge < -0.3 is 20.3 Å². The van der Waals surface area contributed by atoms with Gasteiger partial charge in [0.2, 0.25) is 5.91 Å². The fourth-order valence-corrected chi connectivity index (χ4v) is 3.80. The molecular weight excluding hydrogens is 390 g/mol. The smallest absolute Gasteiger partial charge is 0.319 e. The number of hydrogen-bond acceptors (Lipinski definition) is 3. The first kappa shape index (κ1) is 20.5. The van der Waals surface area contributed by atoms with Crippen LogP contribution in [0.2, 0.25) is 0 Å². The molecule has 6 heteroatoms. The third-order valence-electron chi connectivity index (χ3n) is 5.39. The molecule has 0 saturated heterocycles. The van der Waals surface area contributed by atoms with E-state index in [-0.39, 0.29) is 5.91 Å². The van der Waals surface area contributed by atoms with Gasteiger partial charge >= 0.3 is 6.03 Å². The zero-order valence-electron chi connectivity index (χ0n) is 17.4. The number of hydrogen-bond donors (Lipinski definition) is 2. The third-order valence-corrected chi connectivity index (χ3v) is 5.39. The van der Waals surface area contributed by atoms with E-state index in [9.17, 15) is 9.59 Å². The van der Waals surface area contributed by atoms with Gasteiger partial charge in [0.05, 0.1) is 7.11 Å². The molecule has 1 atom stereocenters. The number of rotatable bonds is 6. The van der Waals surface area contributed by atoms with Crippen LogP contribution in [0.3, 0.4) is 0 Å². The van der Waals surface area contributed by atoms with E-state index in [2.05, 4.69) is 10.6 Å². The molecule has 1 aliphatic rings. The number of fused-ring (bicyclic) bond motifs is 1. The molecule has 3 aromatic rings. The summed E-state index contributed by atoms with van der Waals surface area (Å²) < 4.78 is 5.14. The minimum atomic E-state index is -0.688. The van der Waals surface area contributed by atoms with Crippen molar-refractivity contribution in [3.05, 3.63) is 90.0 Å². The Morgan fingerprint density at radius 1 is 0.968 bits per heavy atom. The molecule has 31 heavy (non-hydrogen) atoms. The lowest BCUT2D eigenvalue weighted by Gasteiger charge is -2.25. The van der Waals surface area contributed by atoms with Gasteiger partial charge in [-0.05, 0) is 47.9 Å². The summed E-state index contributed by atoms with van der Waals surface area (Å²) in [6.07, 6.45) is 1.23. The van der Waals surface area contributed by atoms with Crippen LogP contribution in [0, 0.1) is 0 Å². The van der Waals surface area contributed by atoms with Crippen molar-refractivity contribution in [3.8, 4) is 5.75 Å². The van der Waals surface area contributed by atoms with Crippen molar-refractivity contribution in [3.63, 3.8) is 0 Å². The van der Waals surface area contributed by atoms with E-state index in [1.807, 2.05) is 54.6 Å². The highest BCUT2D eigenvalue weighted by molar-refractivity contribution is 6.02. The van der Waals surface area contributed by atoms with Crippen LogP contribution in [0.5, 0.6) is 5.75 Å². The zero-order valence-corrected chi connectivity index (χ0v) is 17.4. The standard InChI is InChI=1S/C25H25N3O3/c1-31-21-13-11-20(12-14-21)26-25(30)27-22(17-18-7-3-2-4-8-18)24(29)28-16-15-19-9-5-6-10-23(19)28/h2-14,22H,15-17H2,1H3,(H2,26,27,30)/t22-/m1/s1. The number of urea groups is 1. The lowest BCUT2D eigenvalue weighted by molar-refractivity contribution is -0.120. The van der Waals surface area contributed by atoms with Crippen molar-refractivity contribution in [1.29, 1.82) is 0 Å². The second-order valence-corrected chi connectivity index (χ2v) is 7.44. The fourth-order valence-electron chi connectivity index (χ4n) is 3.80. The van der Waals surface area contributed by atoms with Crippen molar-refractivity contribution in [2.75, 3.05) is 23.9 Å². The molecule has 0 spiro atoms. The van der Waals surface area contributed by atoms with Crippen LogP contribution < -0.4 is 20.3 Å². The van der Waals surface area contributed by atoms with Crippen LogP contribution in [0.15, 0.2) is 78.9 Å². The first-order valence-corrected chi connectivity index (χ1v) is 10.3. The number of nitrogens with zero attached hydrogens (tertiary/aromatic N) is 1. The number of methoxy groups -OCH3 is 1. The summed E-state index contributed by atoms with van der Waals surface area (Å²) in [7, 11) is 1.59. The van der Waals surface area contributed by atoms with Crippen LogP contribution in [-0.2, 0) is 17.6 Å². The van der Waals surface area contributed by atoms with Crippen molar-refractivity contribution in [2.24, 2.45) is 0 Å². The number of carbonyl (C=O) groups is 2. The molecule has 6 nitrogen and oxygen atoms in total. The van der Waals surface area contributed by atoms with Crippen molar-refractivity contribution in [2.45, 2.75) is 18.9 Å². The maximum absolute atomic E-state index is 13.5. The molecule has 3 amide bonds. The van der Waals surface area contributed by atoms with Gasteiger partial charge in [-0.25, -0.2) is 4.79 Å². The summed E-state index contributed by atoms with van der Waals surface area (Å²) in [6.45, 7) is 0.616. The molecule has 0 saturated carbocycles. The quantitative estimate of drug-likeness (QED) is 0.639. The summed E-state index contributed by atoms with van der Waals surface area (Å²) in [5, 5.41) is 5.68. The summed E-state index contributed by atoms with van der Waals surface area (Å²) >= 11 is 0. The van der Waals surface area contributed by atoms with E-state index in [0.29, 0.717) is 24.4 Å². The second-order valence-electron chi connectivity index (χ2n) is 7.44. The predicted octanol–water partition coefficient (Wildman–Crippen LogP) is 4.02. The Morgan fingerprint density at radius 3 is 2.42 bits per heavy atom. The Balaban J connectivity index is 1.51. The second kappa shape index (κ2) is 9.34. The zero-order chi connectivity index (χ0) is 21.6. The predicted molar refractivity (Wildman–Crippen MR) is 122 cm³/mol. The minimum absolute atomic E-state index is 0.112. The van der Waals surface area contributed by atoms with Gasteiger partial charge in [0, 0.05) is 24.3 Å². The van der Waals surface area contributed by atoms with E-state index in [1.54, 1.807) is 36.3 Å². The van der Waals surface area contributed by atoms with Crippen LogP contribution in [0.25, 0.3) is 0 Å². The monoisotopic (exact) mass is 415 g/mol. The number of ether oxygens (including phenoxy) is 1. The Morgan fingerprint density at radius 2 is 1.68 bits per heavy atom. The molecule has 0 radical (unpaired) electrons. The Kier molecular flexibility index (Phi) is 6.17. The summed E-state index contributed by atoms with van der Waals surface area (Å²) in [5.74, 6) is 0.592. The molecule has 4 rings (SSSR count). The van der Waals surface area contributed by atoms with Gasteiger partial charge in [0.1, 0.15) is 11.8 Å². The molecule has 0 bridgehead atoms. The lowest BCUT2D eigenvalue weighted by Crippen LogP contribution is -2.50. The maximum atomic E-state index is 13.5. The SMILES string of the molecule is COc1ccc(NC(=O)N[C@H](Cc2ccccc2)C(=O)N2CCc3ccccc32)cc1. The molecule has 158 valence electrons. The summed E-state index contributed by atoms with van der Waals surface area (Å²) in [6, 6.07) is 23.5. The topological polar surface area (TPSA) is 70.7 Å². The average molecular weight is 415 g/mol. The first-order valence-electron chi connectivity index (χ1n) is 10.3. The van der Waals surface area contributed by atoms with E-state index >= 15 is 0 Å². The fraction of sp³-hybridized carbons (Fsp3) is 0.200. The number of amides is 3. The van der Waals surface area contributed by atoms with Gasteiger partial charge in [-0.3, -0.25) is 4.79 Å². The molecule has 0 unspecified atom stereocenters. The van der Waals surface area contributed by atoms with Crippen LogP contribution in [0.4, 0.5) is 16.2 Å². The molecule has 2 N–H and O–H groups in total. The summed E-state index contributed by atoms with van der Waals surface area (Å²) in [5.41, 5.74) is 3.67. The maximum Gasteiger partial charge on any atom is 0.319 e. The molecular formula is C25H25N3O3. The Hall–Kier alpha value is -3.80. The molecule has 3 aromatic carbocycles. The highest BCUT2D eigenvalue weighted by Gasteiger charge is 2.31. The molecule has 1 aliphatic heterocycles. The largest absolute Gasteiger partial charge is 0.497 e. The van der Waals surface area contributed by atoms with E-state index in [4.69, 9.17) is 4.74 Å². The van der Waals surface area contributed by atoms with Gasteiger partial charge in [-0.1, -0.05) is 48.5 Å². The number of benzene rings is 3. The van der Waals surface area contributed by atoms with Gasteiger partial charge in [0.15, 0.2) is 0 Å². The molecule has 0 fully saturated rings. The number of para-hydroxylation sites is 1. The van der Waals surface area contributed by atoms with Gasteiger partial charge in [-0.2, -0.15) is 0 Å². The van der Waals surface area contributed by atoms with E-state index < -0.39 is 12.1 Å². The number of carbonyl (C=O) groups excluding carboxylic acids is 2. The minimum Gasteiger partial charge on any atom is -0.497 e. The van der Waals surface area contributed by atoms with Crippen molar-refractivity contribution >= 4 is 23.3 Å². The number of nitrogens with one attached hydrogen (secondary N) is 2. The van der Waals surface area contributed by atoms with Gasteiger partial charge in [0.25, 0.3) is 0 Å². The molecule has 0 aliphatic carbocycles. The Labute approximate surface area is 181 Å². The van der Waals surface area contributed by atoms with Gasteiger partial charge in [-0.15, -0.1) is 0 Å². The van der Waals surface area contributed by atoms with Crippen LogP contribution in [0.1, 0.15) is 11.1 Å². The van der Waals surface area contributed by atoms with Crippen LogP contribution in [-0.4, -0.2) is 31.6 Å². The van der Waals surface area contributed by atoms with Crippen molar-refractivity contribution in [1.82, 2.24) is 5.32 Å². The highest BCUT2D eigenvalue weighted by atomic mass is 16.5. The lowest BCUT2D eigenvalue weighted by atomic mass is 10.0. The average Bonchev–Trinajstić information content (AvgIpc) is 3.23. The molecule has 0 aromatic heterocycles. The normalized spacial score (nSPS) is 13.3. The Bertz CT molecular complexity index is 1050. The van der Waals surface area contributed by atoms with E-state index in [0.717, 1.165) is 23.2 Å². The van der Waals surface area contributed by atoms with Crippen molar-refractivity contribution < 1.29 is 14.3 Å².